The molecule has 0 heterocycles. The summed E-state index contributed by atoms with van der Waals surface area (Å²) in [7, 11) is 0. The van der Waals surface area contributed by atoms with Gasteiger partial charge in [-0.2, -0.15) is 0 Å². The molecule has 10 heteroatoms. The highest BCUT2D eigenvalue weighted by Crippen LogP contribution is 2.21. The molecule has 0 amide bonds. The molecule has 0 saturated heterocycles. The Labute approximate surface area is 330 Å². The first kappa shape index (κ1) is 41.6. The van der Waals surface area contributed by atoms with Crippen molar-refractivity contribution in [2.45, 2.75) is 13.8 Å². The molecule has 0 aliphatic heterocycles. The van der Waals surface area contributed by atoms with Crippen molar-refractivity contribution in [3.05, 3.63) is 144 Å². The number of ether oxygens (including phenoxy) is 8. The molecule has 0 aliphatic rings. The normalized spacial score (nSPS) is 11.3. The zero-order valence-electron chi connectivity index (χ0n) is 32.3. The van der Waals surface area contributed by atoms with Gasteiger partial charge >= 0.3 is 0 Å². The summed E-state index contributed by atoms with van der Waals surface area (Å²) in [5, 5.41) is 0. The molecular weight excluding hydrogens is 709 g/mol. The summed E-state index contributed by atoms with van der Waals surface area (Å²) in [6.07, 6.45) is 3.64. The van der Waals surface area contributed by atoms with Crippen LogP contribution < -0.4 is 18.9 Å². The maximum absolute atomic E-state index is 5.92. The van der Waals surface area contributed by atoms with Crippen LogP contribution in [0.1, 0.15) is 22.3 Å². The van der Waals surface area contributed by atoms with Gasteiger partial charge in [-0.05, 0) is 86.6 Å². The fourth-order valence-corrected chi connectivity index (χ4v) is 5.12. The maximum atomic E-state index is 5.92. The Morgan fingerprint density at radius 3 is 1.05 bits per heavy atom. The number of nitrogens with zero attached hydrogens (tertiary/aromatic N) is 2. The molecule has 0 aliphatic carbocycles. The first-order chi connectivity index (χ1) is 27.6. The molecule has 0 atom stereocenters. The first-order valence-corrected chi connectivity index (χ1v) is 18.9. The lowest BCUT2D eigenvalue weighted by atomic mass is 10.2. The van der Waals surface area contributed by atoms with Crippen LogP contribution in [0.3, 0.4) is 0 Å². The summed E-state index contributed by atoms with van der Waals surface area (Å²) < 4.78 is 46.0. The van der Waals surface area contributed by atoms with E-state index in [1.807, 2.05) is 134 Å². The highest BCUT2D eigenvalue weighted by atomic mass is 16.6. The predicted octanol–water partition coefficient (Wildman–Crippen LogP) is 8.79. The van der Waals surface area contributed by atoms with Gasteiger partial charge in [-0.25, -0.2) is 0 Å². The molecule has 0 saturated carbocycles. The van der Waals surface area contributed by atoms with Crippen LogP contribution in [0.15, 0.2) is 131 Å². The zero-order valence-corrected chi connectivity index (χ0v) is 32.3. The van der Waals surface area contributed by atoms with Crippen LogP contribution in [0.4, 0.5) is 11.4 Å². The minimum atomic E-state index is 0.431. The third-order valence-corrected chi connectivity index (χ3v) is 8.14. The van der Waals surface area contributed by atoms with Crippen molar-refractivity contribution >= 4 is 23.8 Å². The van der Waals surface area contributed by atoms with Crippen molar-refractivity contribution in [3.8, 4) is 23.0 Å². The molecule has 0 fully saturated rings. The Morgan fingerprint density at radius 2 is 0.679 bits per heavy atom. The van der Waals surface area contributed by atoms with E-state index < -0.39 is 0 Å². The SMILES string of the molecule is Cc1ccc(N=Cc2ccccc2OCCOCCOCCOc2ccc(OCCOCCOCCOc3ccccc3C=Nc3ccc(C)cc3)cc2)cc1. The van der Waals surface area contributed by atoms with E-state index in [9.17, 15) is 0 Å². The Balaban J connectivity index is 0.820. The van der Waals surface area contributed by atoms with Crippen LogP contribution in [-0.2, 0) is 18.9 Å². The molecule has 0 N–H and O–H groups in total. The van der Waals surface area contributed by atoms with Crippen molar-refractivity contribution in [1.29, 1.82) is 0 Å². The molecule has 5 aromatic rings. The van der Waals surface area contributed by atoms with Gasteiger partial charge in [0.2, 0.25) is 0 Å². The van der Waals surface area contributed by atoms with Crippen LogP contribution in [0.25, 0.3) is 0 Å². The Kier molecular flexibility index (Phi) is 18.4. The standard InChI is InChI=1S/C46H52N2O8/c1-37-11-15-41(16-12-37)47-35-39-7-3-5-9-45(39)55-33-29-51-25-23-49-27-31-53-43-19-21-44(22-20-43)54-32-28-50-24-26-52-30-34-56-46-10-6-4-8-40(46)36-48-42-17-13-38(2)14-18-42/h3-22,35-36H,23-34H2,1-2H3. The molecule has 10 nitrogen and oxygen atoms in total. The predicted molar refractivity (Wildman–Crippen MR) is 221 cm³/mol. The summed E-state index contributed by atoms with van der Waals surface area (Å²) >= 11 is 0. The Morgan fingerprint density at radius 1 is 0.357 bits per heavy atom. The second kappa shape index (κ2) is 24.8. The Hall–Kier alpha value is -5.52. The summed E-state index contributed by atoms with van der Waals surface area (Å²) in [6, 6.07) is 39.3. The third kappa shape index (κ3) is 16.1. The number of hydrogen-bond acceptors (Lipinski definition) is 10. The molecular formula is C46H52N2O8. The van der Waals surface area contributed by atoms with Crippen LogP contribution >= 0.6 is 0 Å². The third-order valence-electron chi connectivity index (χ3n) is 8.14. The van der Waals surface area contributed by atoms with Crippen LogP contribution in [0.2, 0.25) is 0 Å². The van der Waals surface area contributed by atoms with Gasteiger partial charge in [-0.1, -0.05) is 59.7 Å². The van der Waals surface area contributed by atoms with Gasteiger partial charge in [0.05, 0.1) is 64.2 Å². The van der Waals surface area contributed by atoms with Crippen LogP contribution in [0, 0.1) is 13.8 Å². The Bertz CT molecular complexity index is 1740. The highest BCUT2D eigenvalue weighted by Gasteiger charge is 2.03. The van der Waals surface area contributed by atoms with Gasteiger partial charge in [0.15, 0.2) is 0 Å². The fraction of sp³-hybridized carbons (Fsp3) is 0.304. The number of aliphatic imine (C=N–C) groups is 2. The first-order valence-electron chi connectivity index (χ1n) is 18.9. The van der Waals surface area contributed by atoms with Gasteiger partial charge in [0.1, 0.15) is 49.4 Å². The van der Waals surface area contributed by atoms with Gasteiger partial charge in [0.25, 0.3) is 0 Å². The molecule has 0 unspecified atom stereocenters. The fourth-order valence-electron chi connectivity index (χ4n) is 5.12. The van der Waals surface area contributed by atoms with E-state index in [1.54, 1.807) is 0 Å². The van der Waals surface area contributed by atoms with Crippen molar-refractivity contribution in [1.82, 2.24) is 0 Å². The highest BCUT2D eigenvalue weighted by molar-refractivity contribution is 5.86. The lowest BCUT2D eigenvalue weighted by molar-refractivity contribution is 0.0270. The van der Waals surface area contributed by atoms with E-state index in [1.165, 1.54) is 11.1 Å². The van der Waals surface area contributed by atoms with Crippen LogP contribution in [-0.4, -0.2) is 91.7 Å². The lowest BCUT2D eigenvalue weighted by Crippen LogP contribution is -2.14. The van der Waals surface area contributed by atoms with Crippen molar-refractivity contribution in [2.75, 3.05) is 79.3 Å². The van der Waals surface area contributed by atoms with Gasteiger partial charge in [-0.15, -0.1) is 0 Å². The average molecular weight is 761 g/mol. The molecule has 5 aromatic carbocycles. The second-order valence-corrected chi connectivity index (χ2v) is 12.6. The number of para-hydroxylation sites is 2. The topological polar surface area (TPSA) is 98.6 Å². The van der Waals surface area contributed by atoms with E-state index in [4.69, 9.17) is 37.9 Å². The van der Waals surface area contributed by atoms with E-state index in [2.05, 4.69) is 23.8 Å². The quantitative estimate of drug-likeness (QED) is 0.0408. The largest absolute Gasteiger partial charge is 0.491 e. The summed E-state index contributed by atoms with van der Waals surface area (Å²) in [6.45, 7) is 9.56. The van der Waals surface area contributed by atoms with Crippen LogP contribution in [0.5, 0.6) is 23.0 Å². The molecule has 56 heavy (non-hydrogen) atoms. The van der Waals surface area contributed by atoms with E-state index >= 15 is 0 Å². The number of benzene rings is 5. The number of rotatable bonds is 26. The van der Waals surface area contributed by atoms with E-state index in [0.29, 0.717) is 79.3 Å². The second-order valence-electron chi connectivity index (χ2n) is 12.6. The molecule has 0 spiro atoms. The summed E-state index contributed by atoms with van der Waals surface area (Å²) in [4.78, 5) is 9.11. The zero-order chi connectivity index (χ0) is 38.9. The van der Waals surface area contributed by atoms with E-state index in [-0.39, 0.29) is 0 Å². The van der Waals surface area contributed by atoms with Gasteiger partial charge in [-0.3, -0.25) is 9.98 Å². The minimum Gasteiger partial charge on any atom is -0.491 e. The molecule has 0 aromatic heterocycles. The smallest absolute Gasteiger partial charge is 0.128 e. The molecule has 0 bridgehead atoms. The maximum Gasteiger partial charge on any atom is 0.128 e. The lowest BCUT2D eigenvalue weighted by Gasteiger charge is -2.11. The minimum absolute atomic E-state index is 0.431. The van der Waals surface area contributed by atoms with Crippen molar-refractivity contribution in [2.24, 2.45) is 9.98 Å². The number of aryl methyl sites for hydroxylation is 2. The van der Waals surface area contributed by atoms with Gasteiger partial charge < -0.3 is 37.9 Å². The molecule has 5 rings (SSSR count). The van der Waals surface area contributed by atoms with E-state index in [0.717, 1.165) is 45.5 Å². The molecule has 0 radical (unpaired) electrons. The number of hydrogen-bond donors (Lipinski definition) is 0. The summed E-state index contributed by atoms with van der Waals surface area (Å²) in [5.74, 6) is 3.03. The summed E-state index contributed by atoms with van der Waals surface area (Å²) in [5.41, 5.74) is 6.04. The van der Waals surface area contributed by atoms with Crippen molar-refractivity contribution < 1.29 is 37.9 Å². The van der Waals surface area contributed by atoms with Crippen molar-refractivity contribution in [3.63, 3.8) is 0 Å². The average Bonchev–Trinajstić information content (AvgIpc) is 3.23. The molecule has 294 valence electrons. The monoisotopic (exact) mass is 760 g/mol. The van der Waals surface area contributed by atoms with Gasteiger partial charge in [0, 0.05) is 23.6 Å².